The normalized spacial score (nSPS) is 23.0. The molecule has 1 aliphatic carbocycles. The molecule has 0 amide bonds. The molecular formula is C14H20N2O2. The van der Waals surface area contributed by atoms with Gasteiger partial charge in [0.25, 0.3) is 0 Å². The predicted octanol–water partition coefficient (Wildman–Crippen LogP) is 2.04. The molecule has 18 heavy (non-hydrogen) atoms. The zero-order chi connectivity index (χ0) is 13.1. The molecule has 0 aliphatic heterocycles. The van der Waals surface area contributed by atoms with E-state index in [0.717, 1.165) is 31.5 Å². The maximum atomic E-state index is 11.3. The number of benzene rings is 1. The molecule has 0 saturated heterocycles. The van der Waals surface area contributed by atoms with Crippen LogP contribution in [0.1, 0.15) is 36.5 Å². The number of hydrogen-bond donors (Lipinski definition) is 3. The van der Waals surface area contributed by atoms with Gasteiger partial charge in [-0.3, -0.25) is 4.79 Å². The quantitative estimate of drug-likeness (QED) is 0.563. The SMILES string of the molecule is CC(=O)c1ccc(NCC2CCC(O)C2)cc1N. The summed E-state index contributed by atoms with van der Waals surface area (Å²) in [4.78, 5) is 11.3. The number of Topliss-reactive ketones (excluding diaryl/α,β-unsaturated/α-hetero) is 1. The Morgan fingerprint density at radius 2 is 2.28 bits per heavy atom. The van der Waals surface area contributed by atoms with E-state index >= 15 is 0 Å². The Labute approximate surface area is 107 Å². The highest BCUT2D eigenvalue weighted by Gasteiger charge is 2.22. The minimum absolute atomic E-state index is 0.0158. The summed E-state index contributed by atoms with van der Waals surface area (Å²) < 4.78 is 0. The van der Waals surface area contributed by atoms with Gasteiger partial charge in [0.2, 0.25) is 0 Å². The largest absolute Gasteiger partial charge is 0.398 e. The second-order valence-corrected chi connectivity index (χ2v) is 5.07. The lowest BCUT2D eigenvalue weighted by molar-refractivity contribution is 0.101. The number of nitrogen functional groups attached to an aromatic ring is 1. The topological polar surface area (TPSA) is 75.3 Å². The van der Waals surface area contributed by atoms with Crippen LogP contribution in [-0.4, -0.2) is 23.5 Å². The maximum absolute atomic E-state index is 11.3. The van der Waals surface area contributed by atoms with E-state index in [9.17, 15) is 9.90 Å². The van der Waals surface area contributed by atoms with Crippen LogP contribution in [0.4, 0.5) is 11.4 Å². The molecule has 4 nitrogen and oxygen atoms in total. The van der Waals surface area contributed by atoms with E-state index in [1.165, 1.54) is 6.92 Å². The standard InChI is InChI=1S/C14H20N2O2/c1-9(17)13-5-3-11(7-14(13)15)16-8-10-2-4-12(18)6-10/h3,5,7,10,12,16,18H,2,4,6,8,15H2,1H3. The minimum atomic E-state index is -0.137. The van der Waals surface area contributed by atoms with Crippen molar-refractivity contribution in [2.75, 3.05) is 17.6 Å². The number of nitrogens with one attached hydrogen (secondary N) is 1. The summed E-state index contributed by atoms with van der Waals surface area (Å²) in [6.45, 7) is 2.36. The van der Waals surface area contributed by atoms with E-state index in [-0.39, 0.29) is 11.9 Å². The second-order valence-electron chi connectivity index (χ2n) is 5.07. The van der Waals surface area contributed by atoms with Crippen molar-refractivity contribution in [3.63, 3.8) is 0 Å². The lowest BCUT2D eigenvalue weighted by Gasteiger charge is -2.13. The van der Waals surface area contributed by atoms with Crippen molar-refractivity contribution >= 4 is 17.2 Å². The van der Waals surface area contributed by atoms with E-state index in [4.69, 9.17) is 5.73 Å². The molecule has 1 saturated carbocycles. The Kier molecular flexibility index (Phi) is 3.87. The number of nitrogens with two attached hydrogens (primary N) is 1. The molecule has 1 fully saturated rings. The smallest absolute Gasteiger partial charge is 0.161 e. The first-order valence-corrected chi connectivity index (χ1v) is 6.38. The first kappa shape index (κ1) is 12.9. The van der Waals surface area contributed by atoms with Crippen molar-refractivity contribution in [1.29, 1.82) is 0 Å². The number of anilines is 2. The van der Waals surface area contributed by atoms with Crippen LogP contribution in [0.25, 0.3) is 0 Å². The van der Waals surface area contributed by atoms with Crippen LogP contribution >= 0.6 is 0 Å². The molecule has 0 aromatic heterocycles. The molecule has 2 rings (SSSR count). The van der Waals surface area contributed by atoms with Gasteiger partial charge in [-0.25, -0.2) is 0 Å². The number of aliphatic hydroxyl groups is 1. The van der Waals surface area contributed by atoms with Crippen molar-refractivity contribution in [1.82, 2.24) is 0 Å². The lowest BCUT2D eigenvalue weighted by Crippen LogP contribution is -2.13. The van der Waals surface area contributed by atoms with E-state index in [1.54, 1.807) is 12.1 Å². The summed E-state index contributed by atoms with van der Waals surface area (Å²) in [6.07, 6.45) is 2.70. The zero-order valence-corrected chi connectivity index (χ0v) is 10.6. The summed E-state index contributed by atoms with van der Waals surface area (Å²) in [6, 6.07) is 5.42. The fourth-order valence-corrected chi connectivity index (χ4v) is 2.49. The highest BCUT2D eigenvalue weighted by atomic mass is 16.3. The van der Waals surface area contributed by atoms with Crippen LogP contribution < -0.4 is 11.1 Å². The van der Waals surface area contributed by atoms with Crippen LogP contribution in [0.2, 0.25) is 0 Å². The highest BCUT2D eigenvalue weighted by Crippen LogP contribution is 2.26. The number of carbonyl (C=O) groups excluding carboxylic acids is 1. The molecule has 1 aromatic rings. The summed E-state index contributed by atoms with van der Waals surface area (Å²) >= 11 is 0. The van der Waals surface area contributed by atoms with Crippen molar-refractivity contribution in [3.8, 4) is 0 Å². The minimum Gasteiger partial charge on any atom is -0.398 e. The molecule has 0 bridgehead atoms. The van der Waals surface area contributed by atoms with Gasteiger partial charge in [-0.05, 0) is 50.3 Å². The number of rotatable bonds is 4. The molecule has 4 heteroatoms. The van der Waals surface area contributed by atoms with E-state index in [0.29, 0.717) is 17.2 Å². The van der Waals surface area contributed by atoms with Gasteiger partial charge in [-0.15, -0.1) is 0 Å². The summed E-state index contributed by atoms with van der Waals surface area (Å²) in [5.74, 6) is 0.506. The first-order valence-electron chi connectivity index (χ1n) is 6.38. The predicted molar refractivity (Wildman–Crippen MR) is 72.7 cm³/mol. The first-order chi connectivity index (χ1) is 8.56. The molecule has 2 atom stereocenters. The van der Waals surface area contributed by atoms with E-state index < -0.39 is 0 Å². The van der Waals surface area contributed by atoms with Gasteiger partial charge >= 0.3 is 0 Å². The number of ketones is 1. The van der Waals surface area contributed by atoms with Gasteiger partial charge in [0.1, 0.15) is 0 Å². The third kappa shape index (κ3) is 3.01. The molecule has 0 radical (unpaired) electrons. The van der Waals surface area contributed by atoms with Gasteiger partial charge in [-0.2, -0.15) is 0 Å². The van der Waals surface area contributed by atoms with E-state index in [1.807, 2.05) is 6.07 Å². The fraction of sp³-hybridized carbons (Fsp3) is 0.500. The van der Waals surface area contributed by atoms with Crippen molar-refractivity contribution in [2.45, 2.75) is 32.3 Å². The Morgan fingerprint density at radius 1 is 1.50 bits per heavy atom. The van der Waals surface area contributed by atoms with Crippen LogP contribution in [0.3, 0.4) is 0 Å². The monoisotopic (exact) mass is 248 g/mol. The van der Waals surface area contributed by atoms with Gasteiger partial charge < -0.3 is 16.2 Å². The Bertz CT molecular complexity index is 445. The zero-order valence-electron chi connectivity index (χ0n) is 10.6. The fourth-order valence-electron chi connectivity index (χ4n) is 2.49. The lowest BCUT2D eigenvalue weighted by atomic mass is 10.1. The molecule has 0 spiro atoms. The number of hydrogen-bond acceptors (Lipinski definition) is 4. The molecule has 2 unspecified atom stereocenters. The van der Waals surface area contributed by atoms with Crippen LogP contribution in [-0.2, 0) is 0 Å². The van der Waals surface area contributed by atoms with Gasteiger partial charge in [0.05, 0.1) is 6.10 Å². The molecule has 1 aliphatic rings. The average molecular weight is 248 g/mol. The second kappa shape index (κ2) is 5.40. The molecule has 0 heterocycles. The Morgan fingerprint density at radius 3 is 2.83 bits per heavy atom. The number of aliphatic hydroxyl groups excluding tert-OH is 1. The summed E-state index contributed by atoms with van der Waals surface area (Å²) in [7, 11) is 0. The molecule has 98 valence electrons. The van der Waals surface area contributed by atoms with Crippen molar-refractivity contribution in [2.24, 2.45) is 5.92 Å². The van der Waals surface area contributed by atoms with Gasteiger partial charge in [0, 0.05) is 23.5 Å². The third-order valence-corrected chi connectivity index (χ3v) is 3.54. The maximum Gasteiger partial charge on any atom is 0.161 e. The van der Waals surface area contributed by atoms with Crippen LogP contribution in [0.15, 0.2) is 18.2 Å². The third-order valence-electron chi connectivity index (χ3n) is 3.54. The summed E-state index contributed by atoms with van der Waals surface area (Å²) in [5.41, 5.74) is 7.84. The average Bonchev–Trinajstić information content (AvgIpc) is 2.72. The molecule has 4 N–H and O–H groups in total. The van der Waals surface area contributed by atoms with Gasteiger partial charge in [0.15, 0.2) is 5.78 Å². The molecular weight excluding hydrogens is 228 g/mol. The Balaban J connectivity index is 1.94. The van der Waals surface area contributed by atoms with Crippen molar-refractivity contribution < 1.29 is 9.90 Å². The van der Waals surface area contributed by atoms with Crippen LogP contribution in [0.5, 0.6) is 0 Å². The number of carbonyl (C=O) groups is 1. The summed E-state index contributed by atoms with van der Waals surface area (Å²) in [5, 5.41) is 12.8. The molecule has 1 aromatic carbocycles. The van der Waals surface area contributed by atoms with E-state index in [2.05, 4.69) is 5.32 Å². The van der Waals surface area contributed by atoms with Crippen molar-refractivity contribution in [3.05, 3.63) is 23.8 Å². The Hall–Kier alpha value is -1.55. The highest BCUT2D eigenvalue weighted by molar-refractivity contribution is 5.99. The van der Waals surface area contributed by atoms with Gasteiger partial charge in [-0.1, -0.05) is 0 Å². The van der Waals surface area contributed by atoms with Crippen LogP contribution in [0, 0.1) is 5.92 Å².